The van der Waals surface area contributed by atoms with Crippen molar-refractivity contribution >= 4 is 16.7 Å². The van der Waals surface area contributed by atoms with Crippen LogP contribution in [0.3, 0.4) is 0 Å². The van der Waals surface area contributed by atoms with Gasteiger partial charge in [0, 0.05) is 31.3 Å². The van der Waals surface area contributed by atoms with Gasteiger partial charge in [0.25, 0.3) is 5.69 Å². The van der Waals surface area contributed by atoms with Gasteiger partial charge in [-0.05, 0) is 6.07 Å². The maximum absolute atomic E-state index is 12.1. The molecule has 1 aromatic heterocycles. The molecule has 1 unspecified atom stereocenters. The number of morpholine rings is 1. The van der Waals surface area contributed by atoms with Gasteiger partial charge in [0.15, 0.2) is 5.43 Å². The smallest absolute Gasteiger partial charge is 0.270 e. The molecule has 104 valence electrons. The first-order valence-electron chi connectivity index (χ1n) is 6.19. The summed E-state index contributed by atoms with van der Waals surface area (Å²) in [4.78, 5) is 22.2. The van der Waals surface area contributed by atoms with Crippen molar-refractivity contribution < 1.29 is 14.1 Å². The van der Waals surface area contributed by atoms with E-state index in [9.17, 15) is 14.9 Å². The van der Waals surface area contributed by atoms with E-state index in [4.69, 9.17) is 9.15 Å². The summed E-state index contributed by atoms with van der Waals surface area (Å²) < 4.78 is 11.2. The fourth-order valence-corrected chi connectivity index (χ4v) is 2.18. The highest BCUT2D eigenvalue weighted by Gasteiger charge is 2.20. The molecule has 7 nitrogen and oxygen atoms in total. The molecule has 1 saturated heterocycles. The Bertz CT molecular complexity index is 718. The number of ether oxygens (including phenoxy) is 1. The van der Waals surface area contributed by atoms with Gasteiger partial charge in [-0.15, -0.1) is 0 Å². The maximum Gasteiger partial charge on any atom is 0.270 e. The minimum absolute atomic E-state index is 0.131. The number of nitrogens with zero attached hydrogens (tertiary/aromatic N) is 1. The summed E-state index contributed by atoms with van der Waals surface area (Å²) in [7, 11) is 0. The van der Waals surface area contributed by atoms with Crippen molar-refractivity contribution in [2.75, 3.05) is 19.7 Å². The monoisotopic (exact) mass is 276 g/mol. The van der Waals surface area contributed by atoms with Gasteiger partial charge >= 0.3 is 0 Å². The molecule has 0 aliphatic carbocycles. The van der Waals surface area contributed by atoms with E-state index in [1.807, 2.05) is 0 Å². The quantitative estimate of drug-likeness (QED) is 0.657. The summed E-state index contributed by atoms with van der Waals surface area (Å²) in [5.41, 5.74) is -0.112. The first-order chi connectivity index (χ1) is 9.65. The Morgan fingerprint density at radius 3 is 2.90 bits per heavy atom. The zero-order valence-corrected chi connectivity index (χ0v) is 10.5. The van der Waals surface area contributed by atoms with Crippen molar-refractivity contribution in [1.82, 2.24) is 5.32 Å². The Balaban J connectivity index is 2.08. The predicted octanol–water partition coefficient (Wildman–Crippen LogP) is 1.36. The molecular weight excluding hydrogens is 264 g/mol. The van der Waals surface area contributed by atoms with Gasteiger partial charge in [0.05, 0.1) is 16.9 Å². The molecule has 1 fully saturated rings. The Morgan fingerprint density at radius 2 is 2.20 bits per heavy atom. The summed E-state index contributed by atoms with van der Waals surface area (Å²) in [5.74, 6) is 0.434. The molecule has 7 heteroatoms. The number of nitrogens with one attached hydrogen (secondary N) is 1. The number of fused-ring (bicyclic) bond motifs is 1. The molecule has 0 bridgehead atoms. The zero-order valence-electron chi connectivity index (χ0n) is 10.5. The van der Waals surface area contributed by atoms with E-state index in [-0.39, 0.29) is 22.6 Å². The maximum atomic E-state index is 12.1. The lowest BCUT2D eigenvalue weighted by molar-refractivity contribution is -0.384. The van der Waals surface area contributed by atoms with Gasteiger partial charge in [-0.1, -0.05) is 0 Å². The van der Waals surface area contributed by atoms with Gasteiger partial charge in [-0.2, -0.15) is 0 Å². The average molecular weight is 276 g/mol. The molecule has 20 heavy (non-hydrogen) atoms. The second-order valence-corrected chi connectivity index (χ2v) is 4.51. The molecule has 1 aliphatic rings. The first-order valence-corrected chi connectivity index (χ1v) is 6.19. The lowest BCUT2D eigenvalue weighted by Crippen LogP contribution is -2.33. The standard InChI is InChI=1S/C13H12N2O5/c16-10-6-12(13-7-14-3-4-19-13)20-11-2-1-8(15(17)18)5-9(10)11/h1-2,5-6,13-14H,3-4,7H2. The summed E-state index contributed by atoms with van der Waals surface area (Å²) in [6.07, 6.45) is -0.309. The lowest BCUT2D eigenvalue weighted by atomic mass is 10.1. The van der Waals surface area contributed by atoms with E-state index in [0.717, 1.165) is 6.54 Å². The number of hydrogen-bond donors (Lipinski definition) is 1. The van der Waals surface area contributed by atoms with E-state index in [0.29, 0.717) is 24.5 Å². The van der Waals surface area contributed by atoms with Crippen LogP contribution in [-0.2, 0) is 4.74 Å². The third kappa shape index (κ3) is 2.28. The van der Waals surface area contributed by atoms with Gasteiger partial charge in [0.1, 0.15) is 17.4 Å². The number of hydrogen-bond acceptors (Lipinski definition) is 6. The second kappa shape index (κ2) is 5.03. The van der Waals surface area contributed by atoms with Crippen molar-refractivity contribution in [3.63, 3.8) is 0 Å². The molecule has 2 aromatic rings. The molecule has 1 atom stereocenters. The summed E-state index contributed by atoms with van der Waals surface area (Å²) >= 11 is 0. The van der Waals surface area contributed by atoms with Crippen molar-refractivity contribution in [1.29, 1.82) is 0 Å². The second-order valence-electron chi connectivity index (χ2n) is 4.51. The summed E-state index contributed by atoms with van der Waals surface area (Å²) in [5, 5.41) is 14.1. The van der Waals surface area contributed by atoms with Crippen molar-refractivity contribution in [2.45, 2.75) is 6.10 Å². The Labute approximate surface area is 113 Å². The number of rotatable bonds is 2. The molecule has 2 heterocycles. The van der Waals surface area contributed by atoms with E-state index in [1.54, 1.807) is 0 Å². The highest BCUT2D eigenvalue weighted by Crippen LogP contribution is 2.23. The number of benzene rings is 1. The van der Waals surface area contributed by atoms with Crippen LogP contribution in [-0.4, -0.2) is 24.6 Å². The van der Waals surface area contributed by atoms with Gasteiger partial charge in [-0.25, -0.2) is 0 Å². The Hall–Kier alpha value is -2.25. The number of nitro benzene ring substituents is 1. The SMILES string of the molecule is O=c1cc(C2CNCCO2)oc2ccc([N+](=O)[O-])cc12. The van der Waals surface area contributed by atoms with Crippen molar-refractivity contribution in [3.05, 3.63) is 50.4 Å². The van der Waals surface area contributed by atoms with Gasteiger partial charge in [0.2, 0.25) is 0 Å². The fourth-order valence-electron chi connectivity index (χ4n) is 2.18. The van der Waals surface area contributed by atoms with E-state index in [1.165, 1.54) is 24.3 Å². The Morgan fingerprint density at radius 1 is 1.35 bits per heavy atom. The van der Waals surface area contributed by atoms with Crippen LogP contribution in [0.25, 0.3) is 11.0 Å². The van der Waals surface area contributed by atoms with Crippen LogP contribution in [0.15, 0.2) is 33.5 Å². The van der Waals surface area contributed by atoms with Crippen LogP contribution < -0.4 is 10.7 Å². The minimum Gasteiger partial charge on any atom is -0.458 e. The summed E-state index contributed by atoms with van der Waals surface area (Å²) in [6, 6.07) is 5.32. The van der Waals surface area contributed by atoms with E-state index < -0.39 is 4.92 Å². The molecule has 1 N–H and O–H groups in total. The lowest BCUT2D eigenvalue weighted by Gasteiger charge is -2.22. The summed E-state index contributed by atoms with van der Waals surface area (Å²) in [6.45, 7) is 1.88. The van der Waals surface area contributed by atoms with E-state index >= 15 is 0 Å². The van der Waals surface area contributed by atoms with Crippen LogP contribution >= 0.6 is 0 Å². The third-order valence-corrected chi connectivity index (χ3v) is 3.19. The predicted molar refractivity (Wildman–Crippen MR) is 70.7 cm³/mol. The van der Waals surface area contributed by atoms with Crippen LogP contribution in [0.2, 0.25) is 0 Å². The molecule has 1 aliphatic heterocycles. The Kier molecular flexibility index (Phi) is 3.21. The third-order valence-electron chi connectivity index (χ3n) is 3.19. The van der Waals surface area contributed by atoms with Gasteiger partial charge < -0.3 is 14.5 Å². The normalized spacial score (nSPS) is 19.1. The number of non-ortho nitro benzene ring substituents is 1. The molecule has 0 saturated carbocycles. The van der Waals surface area contributed by atoms with E-state index in [2.05, 4.69) is 5.32 Å². The van der Waals surface area contributed by atoms with Crippen LogP contribution in [0, 0.1) is 10.1 Å². The van der Waals surface area contributed by atoms with Crippen LogP contribution in [0.1, 0.15) is 11.9 Å². The minimum atomic E-state index is -0.541. The molecule has 0 amide bonds. The molecule has 3 rings (SSSR count). The highest BCUT2D eigenvalue weighted by molar-refractivity contribution is 5.79. The zero-order chi connectivity index (χ0) is 14.1. The average Bonchev–Trinajstić information content (AvgIpc) is 2.47. The highest BCUT2D eigenvalue weighted by atomic mass is 16.6. The van der Waals surface area contributed by atoms with Gasteiger partial charge in [-0.3, -0.25) is 14.9 Å². The topological polar surface area (TPSA) is 94.6 Å². The molecule has 1 aromatic carbocycles. The van der Waals surface area contributed by atoms with Crippen LogP contribution in [0.5, 0.6) is 0 Å². The number of nitro groups is 1. The van der Waals surface area contributed by atoms with Crippen LogP contribution in [0.4, 0.5) is 5.69 Å². The van der Waals surface area contributed by atoms with Crippen molar-refractivity contribution in [3.8, 4) is 0 Å². The fraction of sp³-hybridized carbons (Fsp3) is 0.308. The molecule has 0 radical (unpaired) electrons. The molecule has 0 spiro atoms. The van der Waals surface area contributed by atoms with Crippen molar-refractivity contribution in [2.24, 2.45) is 0 Å². The molecular formula is C13H12N2O5. The first kappa shape index (κ1) is 12.8. The largest absolute Gasteiger partial charge is 0.458 e.